The molecule has 2 aromatic rings. The van der Waals surface area contributed by atoms with Crippen molar-refractivity contribution in [1.82, 2.24) is 0 Å². The van der Waals surface area contributed by atoms with E-state index in [1.165, 1.54) is 6.08 Å². The van der Waals surface area contributed by atoms with Crippen molar-refractivity contribution in [2.24, 2.45) is 0 Å². The summed E-state index contributed by atoms with van der Waals surface area (Å²) >= 11 is 0. The predicted molar refractivity (Wildman–Crippen MR) is 95.6 cm³/mol. The van der Waals surface area contributed by atoms with Crippen molar-refractivity contribution in [2.45, 2.75) is 13.8 Å². The lowest BCUT2D eigenvalue weighted by Gasteiger charge is -2.18. The number of hydrogen-bond acceptors (Lipinski definition) is 4. The van der Waals surface area contributed by atoms with E-state index < -0.39 is 5.91 Å². The summed E-state index contributed by atoms with van der Waals surface area (Å²) in [6.07, 6.45) is 1.54. The van der Waals surface area contributed by atoms with Crippen molar-refractivity contribution < 1.29 is 14.3 Å². The van der Waals surface area contributed by atoms with Gasteiger partial charge < -0.3 is 14.8 Å². The lowest BCUT2D eigenvalue weighted by Crippen LogP contribution is -2.15. The Morgan fingerprint density at radius 1 is 1.12 bits per heavy atom. The Morgan fingerprint density at radius 3 is 2.60 bits per heavy atom. The number of benzene rings is 2. The van der Waals surface area contributed by atoms with E-state index in [1.807, 2.05) is 38.1 Å². The third-order valence-electron chi connectivity index (χ3n) is 3.87. The van der Waals surface area contributed by atoms with Gasteiger partial charge in [-0.05, 0) is 49.2 Å². The molecule has 1 aliphatic heterocycles. The fourth-order valence-electron chi connectivity index (χ4n) is 2.61. The van der Waals surface area contributed by atoms with E-state index in [0.29, 0.717) is 36.0 Å². The van der Waals surface area contributed by atoms with Crippen LogP contribution >= 0.6 is 0 Å². The van der Waals surface area contributed by atoms with Crippen LogP contribution in [0, 0.1) is 25.2 Å². The maximum Gasteiger partial charge on any atom is 0.266 e. The van der Waals surface area contributed by atoms with Gasteiger partial charge in [-0.25, -0.2) is 0 Å². The fourth-order valence-corrected chi connectivity index (χ4v) is 2.61. The Hall–Kier alpha value is -3.26. The first-order chi connectivity index (χ1) is 12.1. The number of carbonyl (C=O) groups excluding carboxylic acids is 1. The second-order valence-electron chi connectivity index (χ2n) is 5.85. The molecular weight excluding hydrogens is 316 g/mol. The van der Waals surface area contributed by atoms with Crippen LogP contribution in [0.15, 0.2) is 42.0 Å². The Morgan fingerprint density at radius 2 is 1.88 bits per heavy atom. The van der Waals surface area contributed by atoms with E-state index in [4.69, 9.17) is 9.47 Å². The minimum Gasteiger partial charge on any atom is -0.486 e. The van der Waals surface area contributed by atoms with Crippen molar-refractivity contribution in [1.29, 1.82) is 5.26 Å². The Bertz CT molecular complexity index is 894. The highest BCUT2D eigenvalue weighted by molar-refractivity contribution is 6.10. The fraction of sp³-hybridized carbons (Fsp3) is 0.200. The summed E-state index contributed by atoms with van der Waals surface area (Å²) in [5.74, 6) is 0.845. The van der Waals surface area contributed by atoms with E-state index >= 15 is 0 Å². The van der Waals surface area contributed by atoms with Crippen LogP contribution in [0.3, 0.4) is 0 Å². The van der Waals surface area contributed by atoms with Crippen LogP contribution in [0.5, 0.6) is 11.5 Å². The van der Waals surface area contributed by atoms with Crippen LogP contribution in [-0.4, -0.2) is 19.1 Å². The van der Waals surface area contributed by atoms with Crippen molar-refractivity contribution in [3.63, 3.8) is 0 Å². The van der Waals surface area contributed by atoms with Crippen molar-refractivity contribution in [3.8, 4) is 17.6 Å². The first kappa shape index (κ1) is 16.6. The van der Waals surface area contributed by atoms with Crippen LogP contribution < -0.4 is 14.8 Å². The Labute approximate surface area is 146 Å². The monoisotopic (exact) mass is 334 g/mol. The maximum atomic E-state index is 12.4. The predicted octanol–water partition coefficient (Wildman–Crippen LogP) is 3.62. The SMILES string of the molecule is Cc1ccc(NC(=O)/C(C#N)=C\c2ccc3c(c2)OCCO3)c(C)c1. The zero-order chi connectivity index (χ0) is 17.8. The molecule has 0 aromatic heterocycles. The number of amides is 1. The largest absolute Gasteiger partial charge is 0.486 e. The molecule has 3 rings (SSSR count). The summed E-state index contributed by atoms with van der Waals surface area (Å²) in [5, 5.41) is 12.1. The summed E-state index contributed by atoms with van der Waals surface area (Å²) in [4.78, 5) is 12.4. The van der Waals surface area contributed by atoms with Crippen LogP contribution in [0.2, 0.25) is 0 Å². The van der Waals surface area contributed by atoms with Crippen LogP contribution in [0.4, 0.5) is 5.69 Å². The van der Waals surface area contributed by atoms with Crippen LogP contribution in [0.25, 0.3) is 6.08 Å². The number of nitrogens with zero attached hydrogens (tertiary/aromatic N) is 1. The minimum atomic E-state index is -0.440. The van der Waals surface area contributed by atoms with Gasteiger partial charge in [-0.2, -0.15) is 5.26 Å². The lowest BCUT2D eigenvalue weighted by atomic mass is 10.1. The summed E-state index contributed by atoms with van der Waals surface area (Å²) in [7, 11) is 0. The molecule has 1 amide bonds. The minimum absolute atomic E-state index is 0.0247. The molecule has 5 heteroatoms. The molecule has 0 atom stereocenters. The molecule has 0 spiro atoms. The highest BCUT2D eigenvalue weighted by Crippen LogP contribution is 2.31. The number of hydrogen-bond donors (Lipinski definition) is 1. The van der Waals surface area contributed by atoms with Gasteiger partial charge in [0.05, 0.1) is 0 Å². The zero-order valence-electron chi connectivity index (χ0n) is 14.1. The van der Waals surface area contributed by atoms with Gasteiger partial charge in [0.25, 0.3) is 5.91 Å². The van der Waals surface area contributed by atoms with Gasteiger partial charge in [-0.15, -0.1) is 0 Å². The van der Waals surface area contributed by atoms with Gasteiger partial charge in [0.15, 0.2) is 11.5 Å². The summed E-state index contributed by atoms with van der Waals surface area (Å²) in [6.45, 7) is 4.91. The van der Waals surface area contributed by atoms with Crippen LogP contribution in [-0.2, 0) is 4.79 Å². The first-order valence-electron chi connectivity index (χ1n) is 7.97. The molecule has 1 N–H and O–H groups in total. The molecule has 0 aliphatic carbocycles. The molecular formula is C20H18N2O3. The summed E-state index contributed by atoms with van der Waals surface area (Å²) in [5.41, 5.74) is 3.49. The molecule has 0 saturated heterocycles. The number of anilines is 1. The summed E-state index contributed by atoms with van der Waals surface area (Å²) < 4.78 is 11.0. The van der Waals surface area contributed by atoms with Gasteiger partial charge in [0.1, 0.15) is 24.9 Å². The van der Waals surface area contributed by atoms with Crippen molar-refractivity contribution >= 4 is 17.7 Å². The number of carbonyl (C=O) groups is 1. The standard InChI is InChI=1S/C20H18N2O3/c1-13-3-5-17(14(2)9-13)22-20(23)16(12-21)10-15-4-6-18-19(11-15)25-8-7-24-18/h3-6,9-11H,7-8H2,1-2H3,(H,22,23)/b16-10-. The molecule has 0 unspecified atom stereocenters. The van der Waals surface area contributed by atoms with Crippen molar-refractivity contribution in [2.75, 3.05) is 18.5 Å². The van der Waals surface area contributed by atoms with Gasteiger partial charge in [-0.1, -0.05) is 23.8 Å². The molecule has 0 saturated carbocycles. The summed E-state index contributed by atoms with van der Waals surface area (Å²) in [6, 6.07) is 13.0. The van der Waals surface area contributed by atoms with E-state index in [2.05, 4.69) is 5.32 Å². The van der Waals surface area contributed by atoms with Gasteiger partial charge in [-0.3, -0.25) is 4.79 Å². The van der Waals surface area contributed by atoms with E-state index in [9.17, 15) is 10.1 Å². The number of rotatable bonds is 3. The number of nitrogens with one attached hydrogen (secondary N) is 1. The highest BCUT2D eigenvalue weighted by atomic mass is 16.6. The normalized spacial score (nSPS) is 13.1. The van der Waals surface area contributed by atoms with E-state index in [1.54, 1.807) is 18.2 Å². The average molecular weight is 334 g/mol. The molecule has 0 radical (unpaired) electrons. The van der Waals surface area contributed by atoms with Crippen LogP contribution in [0.1, 0.15) is 16.7 Å². The van der Waals surface area contributed by atoms with Gasteiger partial charge >= 0.3 is 0 Å². The lowest BCUT2D eigenvalue weighted by molar-refractivity contribution is -0.112. The third-order valence-corrected chi connectivity index (χ3v) is 3.87. The molecule has 5 nitrogen and oxygen atoms in total. The third kappa shape index (κ3) is 3.81. The maximum absolute atomic E-state index is 12.4. The second-order valence-corrected chi connectivity index (χ2v) is 5.85. The van der Waals surface area contributed by atoms with Gasteiger partial charge in [0, 0.05) is 5.69 Å². The smallest absolute Gasteiger partial charge is 0.266 e. The molecule has 25 heavy (non-hydrogen) atoms. The second kappa shape index (κ2) is 7.10. The first-order valence-corrected chi connectivity index (χ1v) is 7.97. The molecule has 1 aliphatic rings. The number of fused-ring (bicyclic) bond motifs is 1. The molecule has 0 fully saturated rings. The zero-order valence-corrected chi connectivity index (χ0v) is 14.1. The quantitative estimate of drug-likeness (QED) is 0.687. The Kier molecular flexibility index (Phi) is 4.71. The van der Waals surface area contributed by atoms with Crippen molar-refractivity contribution in [3.05, 3.63) is 58.7 Å². The highest BCUT2D eigenvalue weighted by Gasteiger charge is 2.14. The average Bonchev–Trinajstić information content (AvgIpc) is 2.61. The topological polar surface area (TPSA) is 71.4 Å². The molecule has 0 bridgehead atoms. The van der Waals surface area contributed by atoms with E-state index in [0.717, 1.165) is 11.1 Å². The molecule has 2 aromatic carbocycles. The number of aryl methyl sites for hydroxylation is 2. The molecule has 1 heterocycles. The molecule has 126 valence electrons. The van der Waals surface area contributed by atoms with E-state index in [-0.39, 0.29) is 5.57 Å². The Balaban J connectivity index is 1.82. The van der Waals surface area contributed by atoms with Gasteiger partial charge in [0.2, 0.25) is 0 Å². The number of ether oxygens (including phenoxy) is 2. The number of nitriles is 1.